The van der Waals surface area contributed by atoms with E-state index in [0.29, 0.717) is 16.4 Å². The van der Waals surface area contributed by atoms with Crippen molar-refractivity contribution < 1.29 is 4.79 Å². The molecule has 0 saturated heterocycles. The summed E-state index contributed by atoms with van der Waals surface area (Å²) >= 11 is 5.74. The number of anilines is 1. The number of aromatic nitrogens is 1. The molecule has 4 heteroatoms. The number of hydrogen-bond acceptors (Lipinski definition) is 2. The highest BCUT2D eigenvalue weighted by Gasteiger charge is 2.08. The monoisotopic (exact) mass is 246 g/mol. The summed E-state index contributed by atoms with van der Waals surface area (Å²) in [4.78, 5) is 15.8. The lowest BCUT2D eigenvalue weighted by Crippen LogP contribution is -2.13. The van der Waals surface area contributed by atoms with E-state index in [4.69, 9.17) is 11.6 Å². The Hall–Kier alpha value is -1.87. The molecule has 0 saturated carbocycles. The fourth-order valence-electron chi connectivity index (χ4n) is 1.51. The van der Waals surface area contributed by atoms with Crippen LogP contribution < -0.4 is 5.32 Å². The Morgan fingerprint density at radius 2 is 2.06 bits per heavy atom. The van der Waals surface area contributed by atoms with Crippen LogP contribution in [0.15, 0.2) is 42.6 Å². The van der Waals surface area contributed by atoms with Crippen LogP contribution in [-0.2, 0) is 0 Å². The maximum absolute atomic E-state index is 12.0. The van der Waals surface area contributed by atoms with Gasteiger partial charge in [0.05, 0.1) is 0 Å². The maximum atomic E-state index is 12.0. The Bertz CT molecular complexity index is 555. The fourth-order valence-corrected chi connectivity index (χ4v) is 1.68. The molecule has 17 heavy (non-hydrogen) atoms. The van der Waals surface area contributed by atoms with E-state index in [1.165, 1.54) is 0 Å². The number of nitrogens with zero attached hydrogens (tertiary/aromatic N) is 1. The summed E-state index contributed by atoms with van der Waals surface area (Å²) in [6.45, 7) is 1.90. The van der Waals surface area contributed by atoms with Gasteiger partial charge >= 0.3 is 0 Å². The molecule has 0 aliphatic heterocycles. The molecule has 0 bridgehead atoms. The Kier molecular flexibility index (Phi) is 3.40. The highest BCUT2D eigenvalue weighted by Crippen LogP contribution is 2.14. The minimum absolute atomic E-state index is 0.148. The number of halogens is 1. The summed E-state index contributed by atoms with van der Waals surface area (Å²) in [7, 11) is 0. The number of pyridine rings is 1. The summed E-state index contributed by atoms with van der Waals surface area (Å²) in [5, 5.41) is 3.13. The van der Waals surface area contributed by atoms with Crippen molar-refractivity contribution in [3.05, 3.63) is 58.9 Å². The third-order valence-electron chi connectivity index (χ3n) is 2.37. The molecule has 2 rings (SSSR count). The van der Waals surface area contributed by atoms with Gasteiger partial charge in [-0.2, -0.15) is 0 Å². The van der Waals surface area contributed by atoms with Crippen molar-refractivity contribution in [1.82, 2.24) is 4.98 Å². The van der Waals surface area contributed by atoms with Crippen LogP contribution in [0.25, 0.3) is 0 Å². The van der Waals surface area contributed by atoms with Crippen LogP contribution in [-0.4, -0.2) is 10.9 Å². The Balaban J connectivity index is 2.20. The van der Waals surface area contributed by atoms with Crippen LogP contribution in [0.3, 0.4) is 0 Å². The summed E-state index contributed by atoms with van der Waals surface area (Å²) < 4.78 is 0. The topological polar surface area (TPSA) is 42.0 Å². The van der Waals surface area contributed by atoms with Crippen molar-refractivity contribution >= 4 is 23.2 Å². The lowest BCUT2D eigenvalue weighted by atomic mass is 10.1. The first-order valence-electron chi connectivity index (χ1n) is 5.15. The quantitative estimate of drug-likeness (QED) is 0.826. The van der Waals surface area contributed by atoms with Crippen molar-refractivity contribution in [2.75, 3.05) is 5.32 Å². The zero-order valence-corrected chi connectivity index (χ0v) is 10.0. The Labute approximate surface area is 104 Å². The van der Waals surface area contributed by atoms with E-state index in [1.807, 2.05) is 25.1 Å². The third kappa shape index (κ3) is 2.82. The highest BCUT2D eigenvalue weighted by molar-refractivity contribution is 6.29. The molecule has 86 valence electrons. The third-order valence-corrected chi connectivity index (χ3v) is 2.58. The fraction of sp³-hybridized carbons (Fsp3) is 0.0769. The van der Waals surface area contributed by atoms with Crippen LogP contribution in [0.5, 0.6) is 0 Å². The van der Waals surface area contributed by atoms with Gasteiger partial charge in [0.1, 0.15) is 5.15 Å². The van der Waals surface area contributed by atoms with E-state index in [2.05, 4.69) is 10.3 Å². The molecule has 1 heterocycles. The summed E-state index contributed by atoms with van der Waals surface area (Å²) in [5.74, 6) is -0.148. The first kappa shape index (κ1) is 11.6. The van der Waals surface area contributed by atoms with Crippen LogP contribution in [0.4, 0.5) is 5.69 Å². The minimum atomic E-state index is -0.148. The summed E-state index contributed by atoms with van der Waals surface area (Å²) in [6, 6.07) is 10.7. The number of rotatable bonds is 2. The lowest BCUT2D eigenvalue weighted by Gasteiger charge is -2.07. The summed E-state index contributed by atoms with van der Waals surface area (Å²) in [5.41, 5.74) is 2.23. The molecule has 1 aromatic carbocycles. The molecule has 0 radical (unpaired) electrons. The number of carbonyl (C=O) groups excluding carboxylic acids is 1. The number of benzene rings is 1. The van der Waals surface area contributed by atoms with Gasteiger partial charge in [-0.1, -0.05) is 29.8 Å². The molecule has 0 aliphatic rings. The molecule has 1 N–H and O–H groups in total. The van der Waals surface area contributed by atoms with Crippen molar-refractivity contribution in [2.24, 2.45) is 0 Å². The SMILES string of the molecule is Cc1ccccc1C(=O)Nc1ccnc(Cl)c1. The van der Waals surface area contributed by atoms with Gasteiger partial charge in [0.2, 0.25) is 0 Å². The van der Waals surface area contributed by atoms with Crippen LogP contribution in [0, 0.1) is 6.92 Å². The van der Waals surface area contributed by atoms with Crippen molar-refractivity contribution in [3.8, 4) is 0 Å². The van der Waals surface area contributed by atoms with Gasteiger partial charge in [-0.05, 0) is 30.7 Å². The number of hydrogen-bond donors (Lipinski definition) is 1. The lowest BCUT2D eigenvalue weighted by molar-refractivity contribution is 0.102. The van der Waals surface area contributed by atoms with Gasteiger partial charge in [0.15, 0.2) is 0 Å². The van der Waals surface area contributed by atoms with E-state index in [0.717, 1.165) is 5.56 Å². The molecular weight excluding hydrogens is 236 g/mol. The standard InChI is InChI=1S/C13H11ClN2O/c1-9-4-2-3-5-11(9)13(17)16-10-6-7-15-12(14)8-10/h2-8H,1H3,(H,15,16,17). The molecule has 2 aromatic rings. The molecule has 0 fully saturated rings. The summed E-state index contributed by atoms with van der Waals surface area (Å²) in [6.07, 6.45) is 1.55. The van der Waals surface area contributed by atoms with Gasteiger partial charge in [-0.3, -0.25) is 4.79 Å². The predicted octanol–water partition coefficient (Wildman–Crippen LogP) is 3.30. The zero-order valence-electron chi connectivity index (χ0n) is 9.27. The molecule has 1 aromatic heterocycles. The number of nitrogens with one attached hydrogen (secondary N) is 1. The molecule has 1 amide bonds. The van der Waals surface area contributed by atoms with E-state index in [-0.39, 0.29) is 5.91 Å². The minimum Gasteiger partial charge on any atom is -0.322 e. The zero-order chi connectivity index (χ0) is 12.3. The molecule has 0 atom stereocenters. The maximum Gasteiger partial charge on any atom is 0.255 e. The first-order chi connectivity index (χ1) is 8.16. The van der Waals surface area contributed by atoms with Crippen LogP contribution in [0.1, 0.15) is 15.9 Å². The first-order valence-corrected chi connectivity index (χ1v) is 5.53. The van der Waals surface area contributed by atoms with Gasteiger partial charge in [-0.25, -0.2) is 4.98 Å². The van der Waals surface area contributed by atoms with Crippen molar-refractivity contribution in [2.45, 2.75) is 6.92 Å². The van der Waals surface area contributed by atoms with E-state index in [1.54, 1.807) is 24.4 Å². The Morgan fingerprint density at radius 1 is 1.29 bits per heavy atom. The predicted molar refractivity (Wildman–Crippen MR) is 68.4 cm³/mol. The average Bonchev–Trinajstić information content (AvgIpc) is 2.29. The second-order valence-corrected chi connectivity index (χ2v) is 4.02. The van der Waals surface area contributed by atoms with E-state index < -0.39 is 0 Å². The molecule has 0 unspecified atom stereocenters. The van der Waals surface area contributed by atoms with Gasteiger partial charge in [-0.15, -0.1) is 0 Å². The van der Waals surface area contributed by atoms with Crippen LogP contribution >= 0.6 is 11.6 Å². The van der Waals surface area contributed by atoms with Gasteiger partial charge in [0, 0.05) is 17.4 Å². The van der Waals surface area contributed by atoms with E-state index in [9.17, 15) is 4.79 Å². The highest BCUT2D eigenvalue weighted by atomic mass is 35.5. The van der Waals surface area contributed by atoms with Gasteiger partial charge < -0.3 is 5.32 Å². The molecule has 3 nitrogen and oxygen atoms in total. The van der Waals surface area contributed by atoms with Gasteiger partial charge in [0.25, 0.3) is 5.91 Å². The molecule has 0 aliphatic carbocycles. The second-order valence-electron chi connectivity index (χ2n) is 3.64. The largest absolute Gasteiger partial charge is 0.322 e. The van der Waals surface area contributed by atoms with Crippen molar-refractivity contribution in [3.63, 3.8) is 0 Å². The second kappa shape index (κ2) is 4.97. The number of carbonyl (C=O) groups is 1. The Morgan fingerprint density at radius 3 is 2.76 bits per heavy atom. The number of amides is 1. The number of aryl methyl sites for hydroxylation is 1. The normalized spacial score (nSPS) is 10.0. The molecule has 0 spiro atoms. The molecular formula is C13H11ClN2O. The van der Waals surface area contributed by atoms with Crippen molar-refractivity contribution in [1.29, 1.82) is 0 Å². The van der Waals surface area contributed by atoms with Crippen LogP contribution in [0.2, 0.25) is 5.15 Å². The van der Waals surface area contributed by atoms with E-state index >= 15 is 0 Å². The smallest absolute Gasteiger partial charge is 0.255 e. The average molecular weight is 247 g/mol.